The van der Waals surface area contributed by atoms with Crippen LogP contribution in [0.1, 0.15) is 33.5 Å². The molecule has 4 aromatic rings. The standard InChI is InChI=1S/C28H31ClN6O2/c1-17(36)16-31-23-15-19(12-13-30-23)25-24(34-26(35-25)28(2,3)4)18-6-5-7-22(14-18)33-27(37)32-21-10-8-20(29)9-11-21/h5-15,17,36H,16H2,1-4H3,(H,30,31)(H,34,35)(H2,32,33,37)/t17-/m1/s1. The molecule has 192 valence electrons. The molecule has 37 heavy (non-hydrogen) atoms. The Hall–Kier alpha value is -3.88. The first-order valence-electron chi connectivity index (χ1n) is 12.0. The molecule has 0 aliphatic heterocycles. The number of rotatable bonds is 7. The summed E-state index contributed by atoms with van der Waals surface area (Å²) in [5.74, 6) is 1.50. The highest BCUT2D eigenvalue weighted by molar-refractivity contribution is 6.30. The van der Waals surface area contributed by atoms with Crippen molar-refractivity contribution in [3.8, 4) is 22.5 Å². The van der Waals surface area contributed by atoms with Crippen LogP contribution in [-0.4, -0.2) is 38.7 Å². The van der Waals surface area contributed by atoms with Crippen LogP contribution in [0.5, 0.6) is 0 Å². The molecule has 0 fully saturated rings. The van der Waals surface area contributed by atoms with Gasteiger partial charge in [0.2, 0.25) is 0 Å². The molecule has 8 nitrogen and oxygen atoms in total. The average Bonchev–Trinajstić information content (AvgIpc) is 3.31. The van der Waals surface area contributed by atoms with E-state index in [0.29, 0.717) is 28.8 Å². The molecular weight excluding hydrogens is 488 g/mol. The number of aliphatic hydroxyl groups excluding tert-OH is 1. The van der Waals surface area contributed by atoms with Crippen molar-refractivity contribution in [2.24, 2.45) is 0 Å². The Labute approximate surface area is 221 Å². The number of nitrogens with one attached hydrogen (secondary N) is 4. The number of aromatic nitrogens is 3. The number of urea groups is 1. The molecule has 2 heterocycles. The summed E-state index contributed by atoms with van der Waals surface area (Å²) in [5, 5.41) is 19.1. The summed E-state index contributed by atoms with van der Waals surface area (Å²) in [4.78, 5) is 25.4. The minimum Gasteiger partial charge on any atom is -0.392 e. The number of hydrogen-bond acceptors (Lipinski definition) is 5. The molecule has 2 aromatic heterocycles. The Balaban J connectivity index is 1.64. The fourth-order valence-corrected chi connectivity index (χ4v) is 3.78. The van der Waals surface area contributed by atoms with Crippen LogP contribution in [0.4, 0.5) is 22.0 Å². The number of benzene rings is 2. The molecule has 0 spiro atoms. The number of aliphatic hydroxyl groups is 1. The molecule has 0 bridgehead atoms. The molecule has 2 aromatic carbocycles. The minimum absolute atomic E-state index is 0.207. The summed E-state index contributed by atoms with van der Waals surface area (Å²) in [6.45, 7) is 8.41. The third-order valence-corrected chi connectivity index (χ3v) is 5.79. The fraction of sp³-hybridized carbons (Fsp3) is 0.250. The van der Waals surface area contributed by atoms with Gasteiger partial charge < -0.3 is 26.0 Å². The van der Waals surface area contributed by atoms with Gasteiger partial charge in [-0.2, -0.15) is 0 Å². The Bertz CT molecular complexity index is 1380. The monoisotopic (exact) mass is 518 g/mol. The molecule has 0 radical (unpaired) electrons. The lowest BCUT2D eigenvalue weighted by atomic mass is 9.96. The van der Waals surface area contributed by atoms with Crippen molar-refractivity contribution in [2.75, 3.05) is 22.5 Å². The SMILES string of the molecule is C[C@@H](O)CNc1cc(-c2[nH]c(C(C)(C)C)nc2-c2cccc(NC(=O)Nc3ccc(Cl)cc3)c2)ccn1. The van der Waals surface area contributed by atoms with E-state index in [4.69, 9.17) is 16.6 Å². The van der Waals surface area contributed by atoms with Crippen molar-refractivity contribution in [2.45, 2.75) is 39.2 Å². The largest absolute Gasteiger partial charge is 0.392 e. The lowest BCUT2D eigenvalue weighted by Gasteiger charge is -2.14. The van der Waals surface area contributed by atoms with E-state index in [1.807, 2.05) is 36.4 Å². The fourth-order valence-electron chi connectivity index (χ4n) is 3.65. The Morgan fingerprint density at radius 3 is 2.46 bits per heavy atom. The number of imidazole rings is 1. The molecule has 5 N–H and O–H groups in total. The van der Waals surface area contributed by atoms with Gasteiger partial charge in [-0.3, -0.25) is 0 Å². The molecule has 0 saturated heterocycles. The third kappa shape index (κ3) is 6.87. The van der Waals surface area contributed by atoms with Crippen molar-refractivity contribution < 1.29 is 9.90 Å². The van der Waals surface area contributed by atoms with Crippen LogP contribution in [0.25, 0.3) is 22.5 Å². The normalized spacial score (nSPS) is 12.2. The number of nitrogens with zero attached hydrogens (tertiary/aromatic N) is 2. The molecule has 2 amide bonds. The zero-order valence-corrected chi connectivity index (χ0v) is 22.0. The van der Waals surface area contributed by atoms with E-state index < -0.39 is 6.10 Å². The smallest absolute Gasteiger partial charge is 0.323 e. The summed E-state index contributed by atoms with van der Waals surface area (Å²) in [5.41, 5.74) is 4.42. The van der Waals surface area contributed by atoms with E-state index in [9.17, 15) is 9.90 Å². The molecule has 0 aliphatic carbocycles. The second kappa shape index (κ2) is 11.0. The molecular formula is C28H31ClN6O2. The van der Waals surface area contributed by atoms with Gasteiger partial charge in [-0.1, -0.05) is 44.5 Å². The van der Waals surface area contributed by atoms with Gasteiger partial charge in [0.05, 0.1) is 17.5 Å². The van der Waals surface area contributed by atoms with E-state index in [0.717, 1.165) is 28.3 Å². The number of amides is 2. The zero-order chi connectivity index (χ0) is 26.6. The zero-order valence-electron chi connectivity index (χ0n) is 21.3. The van der Waals surface area contributed by atoms with Crippen LogP contribution in [0.3, 0.4) is 0 Å². The first kappa shape index (κ1) is 26.2. The van der Waals surface area contributed by atoms with Crippen molar-refractivity contribution in [1.82, 2.24) is 15.0 Å². The quantitative estimate of drug-likeness (QED) is 0.191. The summed E-state index contributed by atoms with van der Waals surface area (Å²) in [6, 6.07) is 17.9. The highest BCUT2D eigenvalue weighted by Crippen LogP contribution is 2.35. The van der Waals surface area contributed by atoms with Crippen molar-refractivity contribution in [3.63, 3.8) is 0 Å². The van der Waals surface area contributed by atoms with Crippen LogP contribution >= 0.6 is 11.6 Å². The number of pyridine rings is 1. The van der Waals surface area contributed by atoms with Crippen molar-refractivity contribution in [3.05, 3.63) is 77.7 Å². The van der Waals surface area contributed by atoms with E-state index in [2.05, 4.69) is 46.7 Å². The molecule has 0 saturated carbocycles. The lowest BCUT2D eigenvalue weighted by molar-refractivity contribution is 0.208. The summed E-state index contributed by atoms with van der Waals surface area (Å²) in [6.07, 6.45) is 1.23. The van der Waals surface area contributed by atoms with Crippen LogP contribution in [0.15, 0.2) is 66.9 Å². The number of H-pyrrole nitrogens is 1. The summed E-state index contributed by atoms with van der Waals surface area (Å²) >= 11 is 5.92. The predicted octanol–water partition coefficient (Wildman–Crippen LogP) is 6.53. The van der Waals surface area contributed by atoms with Gasteiger partial charge >= 0.3 is 6.03 Å². The summed E-state index contributed by atoms with van der Waals surface area (Å²) < 4.78 is 0. The van der Waals surface area contributed by atoms with E-state index in [-0.39, 0.29) is 11.4 Å². The van der Waals surface area contributed by atoms with Gasteiger partial charge in [0.25, 0.3) is 0 Å². The minimum atomic E-state index is -0.493. The van der Waals surface area contributed by atoms with Gasteiger partial charge in [0, 0.05) is 45.7 Å². The number of hydrogen-bond donors (Lipinski definition) is 5. The maximum atomic E-state index is 12.6. The summed E-state index contributed by atoms with van der Waals surface area (Å²) in [7, 11) is 0. The Morgan fingerprint density at radius 2 is 1.76 bits per heavy atom. The molecule has 4 rings (SSSR count). The lowest BCUT2D eigenvalue weighted by Crippen LogP contribution is -2.19. The van der Waals surface area contributed by atoms with Gasteiger partial charge in [-0.05, 0) is 55.5 Å². The van der Waals surface area contributed by atoms with Gasteiger partial charge in [0.15, 0.2) is 0 Å². The molecule has 9 heteroatoms. The van der Waals surface area contributed by atoms with Crippen LogP contribution in [-0.2, 0) is 5.41 Å². The van der Waals surface area contributed by atoms with E-state index in [1.165, 1.54) is 0 Å². The second-order valence-electron chi connectivity index (χ2n) is 9.89. The Morgan fingerprint density at radius 1 is 1.03 bits per heavy atom. The maximum Gasteiger partial charge on any atom is 0.323 e. The maximum absolute atomic E-state index is 12.6. The Kier molecular flexibility index (Phi) is 7.80. The number of anilines is 3. The topological polar surface area (TPSA) is 115 Å². The van der Waals surface area contributed by atoms with E-state index >= 15 is 0 Å². The number of carbonyl (C=O) groups is 1. The molecule has 1 atom stereocenters. The van der Waals surface area contributed by atoms with Gasteiger partial charge in [-0.15, -0.1) is 0 Å². The van der Waals surface area contributed by atoms with Crippen LogP contribution in [0.2, 0.25) is 5.02 Å². The first-order chi connectivity index (χ1) is 17.6. The number of aromatic amines is 1. The van der Waals surface area contributed by atoms with Crippen molar-refractivity contribution in [1.29, 1.82) is 0 Å². The van der Waals surface area contributed by atoms with Crippen LogP contribution < -0.4 is 16.0 Å². The van der Waals surface area contributed by atoms with Gasteiger partial charge in [-0.25, -0.2) is 14.8 Å². The van der Waals surface area contributed by atoms with Crippen LogP contribution in [0, 0.1) is 0 Å². The van der Waals surface area contributed by atoms with Gasteiger partial charge in [0.1, 0.15) is 11.6 Å². The molecule has 0 unspecified atom stereocenters. The molecule has 0 aliphatic rings. The second-order valence-corrected chi connectivity index (χ2v) is 10.3. The van der Waals surface area contributed by atoms with E-state index in [1.54, 1.807) is 37.4 Å². The number of halogens is 1. The number of carbonyl (C=O) groups excluding carboxylic acids is 1. The third-order valence-electron chi connectivity index (χ3n) is 5.54. The first-order valence-corrected chi connectivity index (χ1v) is 12.4. The highest BCUT2D eigenvalue weighted by atomic mass is 35.5. The van der Waals surface area contributed by atoms with Crippen molar-refractivity contribution >= 4 is 34.8 Å². The predicted molar refractivity (Wildman–Crippen MR) is 150 cm³/mol. The highest BCUT2D eigenvalue weighted by Gasteiger charge is 2.23. The average molecular weight is 519 g/mol.